The highest BCUT2D eigenvalue weighted by Gasteiger charge is 2.39. The summed E-state index contributed by atoms with van der Waals surface area (Å²) in [5, 5.41) is 5.11. The summed E-state index contributed by atoms with van der Waals surface area (Å²) in [4.78, 5) is 36.2. The van der Waals surface area contributed by atoms with Crippen LogP contribution in [-0.2, 0) is 14.4 Å². The molecular weight excluding hydrogens is 268 g/mol. The van der Waals surface area contributed by atoms with Crippen molar-refractivity contribution in [2.75, 3.05) is 10.6 Å². The van der Waals surface area contributed by atoms with Crippen molar-refractivity contribution in [1.29, 1.82) is 0 Å². The van der Waals surface area contributed by atoms with Gasteiger partial charge in [-0.15, -0.1) is 0 Å². The van der Waals surface area contributed by atoms with E-state index < -0.39 is 23.5 Å². The molecule has 0 spiro atoms. The number of ketones is 1. The molecule has 0 saturated carbocycles. The van der Waals surface area contributed by atoms with Gasteiger partial charge >= 0.3 is 0 Å². The number of nitrogens with one attached hydrogen (secondary N) is 2. The highest BCUT2D eigenvalue weighted by atomic mass is 16.2. The number of para-hydroxylation sites is 2. The molecule has 0 aromatic heterocycles. The maximum Gasteiger partial charge on any atom is 0.292 e. The van der Waals surface area contributed by atoms with Crippen LogP contribution in [-0.4, -0.2) is 17.6 Å². The zero-order valence-electron chi connectivity index (χ0n) is 11.0. The standard InChI is InChI=1S/C16H12N2O3/c19-14(16(21)17-10-6-2-1-3-7-10)13-11-8-4-5-9-12(11)18-15(13)20/h1-9,13H,(H,17,21)(H,18,20). The van der Waals surface area contributed by atoms with Gasteiger partial charge in [0.05, 0.1) is 0 Å². The van der Waals surface area contributed by atoms with Crippen molar-refractivity contribution >= 4 is 29.0 Å². The minimum absolute atomic E-state index is 0.468. The number of hydrogen-bond acceptors (Lipinski definition) is 3. The van der Waals surface area contributed by atoms with Crippen LogP contribution in [0.3, 0.4) is 0 Å². The minimum Gasteiger partial charge on any atom is -0.325 e. The summed E-state index contributed by atoms with van der Waals surface area (Å²) in [5.74, 6) is -3.10. The largest absolute Gasteiger partial charge is 0.325 e. The van der Waals surface area contributed by atoms with Gasteiger partial charge in [0.25, 0.3) is 5.91 Å². The zero-order valence-corrected chi connectivity index (χ0v) is 11.0. The van der Waals surface area contributed by atoms with Crippen molar-refractivity contribution in [3.8, 4) is 0 Å². The van der Waals surface area contributed by atoms with Crippen molar-refractivity contribution in [3.05, 3.63) is 60.2 Å². The summed E-state index contributed by atoms with van der Waals surface area (Å²) in [6.07, 6.45) is 0. The van der Waals surface area contributed by atoms with Crippen LogP contribution < -0.4 is 10.6 Å². The lowest BCUT2D eigenvalue weighted by atomic mass is 9.95. The van der Waals surface area contributed by atoms with Crippen LogP contribution in [0.15, 0.2) is 54.6 Å². The van der Waals surface area contributed by atoms with Gasteiger partial charge in [-0.1, -0.05) is 36.4 Å². The molecule has 5 nitrogen and oxygen atoms in total. The predicted molar refractivity (Wildman–Crippen MR) is 77.9 cm³/mol. The summed E-state index contributed by atoms with van der Waals surface area (Å²) in [5.41, 5.74) is 1.63. The summed E-state index contributed by atoms with van der Waals surface area (Å²) in [6.45, 7) is 0. The first-order valence-electron chi connectivity index (χ1n) is 6.47. The van der Waals surface area contributed by atoms with Crippen LogP contribution in [0.2, 0.25) is 0 Å². The number of benzene rings is 2. The lowest BCUT2D eigenvalue weighted by Gasteiger charge is -2.08. The maximum absolute atomic E-state index is 12.2. The van der Waals surface area contributed by atoms with E-state index in [0.29, 0.717) is 16.9 Å². The fourth-order valence-electron chi connectivity index (χ4n) is 2.31. The van der Waals surface area contributed by atoms with E-state index in [1.54, 1.807) is 54.6 Å². The first kappa shape index (κ1) is 13.1. The molecule has 1 aliphatic rings. The van der Waals surface area contributed by atoms with Crippen LogP contribution >= 0.6 is 0 Å². The predicted octanol–water partition coefficient (Wildman–Crippen LogP) is 1.93. The highest BCUT2D eigenvalue weighted by molar-refractivity contribution is 6.47. The Labute approximate surface area is 121 Å². The molecule has 104 valence electrons. The molecule has 0 bridgehead atoms. The molecule has 21 heavy (non-hydrogen) atoms. The molecule has 2 N–H and O–H groups in total. The monoisotopic (exact) mass is 280 g/mol. The minimum atomic E-state index is -1.08. The van der Waals surface area contributed by atoms with Crippen LogP contribution in [0.25, 0.3) is 0 Å². The van der Waals surface area contributed by atoms with E-state index in [1.165, 1.54) is 0 Å². The second-order valence-electron chi connectivity index (χ2n) is 4.69. The Bertz CT molecular complexity index is 725. The molecule has 1 unspecified atom stereocenters. The molecule has 1 heterocycles. The molecule has 2 aromatic rings. The maximum atomic E-state index is 12.2. The molecule has 0 aliphatic carbocycles. The van der Waals surface area contributed by atoms with E-state index in [9.17, 15) is 14.4 Å². The average molecular weight is 280 g/mol. The second-order valence-corrected chi connectivity index (χ2v) is 4.69. The van der Waals surface area contributed by atoms with Crippen molar-refractivity contribution in [2.24, 2.45) is 0 Å². The Morgan fingerprint density at radius 2 is 1.62 bits per heavy atom. The molecule has 2 amide bonds. The number of rotatable bonds is 3. The fraction of sp³-hybridized carbons (Fsp3) is 0.0625. The number of anilines is 2. The van der Waals surface area contributed by atoms with Gasteiger partial charge in [-0.3, -0.25) is 14.4 Å². The molecule has 3 rings (SSSR count). The van der Waals surface area contributed by atoms with Gasteiger partial charge in [0.2, 0.25) is 11.7 Å². The molecule has 0 radical (unpaired) electrons. The number of hydrogen-bond donors (Lipinski definition) is 2. The Balaban J connectivity index is 1.82. The Morgan fingerprint density at radius 3 is 2.38 bits per heavy atom. The van der Waals surface area contributed by atoms with E-state index >= 15 is 0 Å². The average Bonchev–Trinajstić information content (AvgIpc) is 2.83. The van der Waals surface area contributed by atoms with Crippen molar-refractivity contribution in [2.45, 2.75) is 5.92 Å². The Hall–Kier alpha value is -2.95. The SMILES string of the molecule is O=C(Nc1ccccc1)C(=O)C1C(=O)Nc2ccccc21. The molecule has 0 saturated heterocycles. The Morgan fingerprint density at radius 1 is 0.952 bits per heavy atom. The normalized spacial score (nSPS) is 16.0. The van der Waals surface area contributed by atoms with Crippen LogP contribution in [0.4, 0.5) is 11.4 Å². The van der Waals surface area contributed by atoms with E-state index in [2.05, 4.69) is 10.6 Å². The molecule has 5 heteroatoms. The van der Waals surface area contributed by atoms with Crippen molar-refractivity contribution in [1.82, 2.24) is 0 Å². The van der Waals surface area contributed by atoms with Crippen LogP contribution in [0, 0.1) is 0 Å². The molecule has 1 atom stereocenters. The first-order chi connectivity index (χ1) is 10.2. The van der Waals surface area contributed by atoms with Crippen LogP contribution in [0.5, 0.6) is 0 Å². The number of carbonyl (C=O) groups excluding carboxylic acids is 3. The van der Waals surface area contributed by atoms with Crippen LogP contribution in [0.1, 0.15) is 11.5 Å². The van der Waals surface area contributed by atoms with Gasteiger partial charge in [0.15, 0.2) is 0 Å². The Kier molecular flexibility index (Phi) is 3.23. The van der Waals surface area contributed by atoms with Crippen molar-refractivity contribution in [3.63, 3.8) is 0 Å². The lowest BCUT2D eigenvalue weighted by molar-refractivity contribution is -0.138. The summed E-state index contributed by atoms with van der Waals surface area (Å²) < 4.78 is 0. The van der Waals surface area contributed by atoms with Gasteiger partial charge < -0.3 is 10.6 Å². The second kappa shape index (κ2) is 5.20. The first-order valence-corrected chi connectivity index (χ1v) is 6.47. The summed E-state index contributed by atoms with van der Waals surface area (Å²) in [6, 6.07) is 15.5. The highest BCUT2D eigenvalue weighted by Crippen LogP contribution is 2.32. The van der Waals surface area contributed by atoms with Gasteiger partial charge in [0.1, 0.15) is 5.92 Å². The molecule has 1 aliphatic heterocycles. The lowest BCUT2D eigenvalue weighted by Crippen LogP contribution is -2.31. The van der Waals surface area contributed by atoms with E-state index in [0.717, 1.165) is 0 Å². The molecular formula is C16H12N2O3. The number of amides is 2. The summed E-state index contributed by atoms with van der Waals surface area (Å²) >= 11 is 0. The molecule has 0 fully saturated rings. The number of fused-ring (bicyclic) bond motifs is 1. The third-order valence-corrected chi connectivity index (χ3v) is 3.31. The van der Waals surface area contributed by atoms with Gasteiger partial charge in [-0.25, -0.2) is 0 Å². The van der Waals surface area contributed by atoms with Gasteiger partial charge in [0, 0.05) is 11.4 Å². The topological polar surface area (TPSA) is 75.3 Å². The molecule has 2 aromatic carbocycles. The zero-order chi connectivity index (χ0) is 14.8. The third kappa shape index (κ3) is 2.41. The number of carbonyl (C=O) groups is 3. The van der Waals surface area contributed by atoms with E-state index in [-0.39, 0.29) is 0 Å². The fourth-order valence-corrected chi connectivity index (χ4v) is 2.31. The smallest absolute Gasteiger partial charge is 0.292 e. The quantitative estimate of drug-likeness (QED) is 0.666. The van der Waals surface area contributed by atoms with Gasteiger partial charge in [-0.05, 0) is 23.8 Å². The van der Waals surface area contributed by atoms with E-state index in [4.69, 9.17) is 0 Å². The number of Topliss-reactive ketones (excluding diaryl/α,β-unsaturated/α-hetero) is 1. The van der Waals surface area contributed by atoms with Gasteiger partial charge in [-0.2, -0.15) is 0 Å². The van der Waals surface area contributed by atoms with E-state index in [1.807, 2.05) is 0 Å². The third-order valence-electron chi connectivity index (χ3n) is 3.31. The summed E-state index contributed by atoms with van der Waals surface area (Å²) in [7, 11) is 0. The van der Waals surface area contributed by atoms with Crippen molar-refractivity contribution < 1.29 is 14.4 Å².